The highest BCUT2D eigenvalue weighted by molar-refractivity contribution is 6.42. The summed E-state index contributed by atoms with van der Waals surface area (Å²) in [7, 11) is 0. The average Bonchev–Trinajstić information content (AvgIpc) is 2.41. The van der Waals surface area contributed by atoms with Crippen LogP contribution in [0.2, 0.25) is 10.0 Å². The molecule has 2 rings (SSSR count). The summed E-state index contributed by atoms with van der Waals surface area (Å²) in [4.78, 5) is 0. The van der Waals surface area contributed by atoms with Crippen LogP contribution in [0.3, 0.4) is 0 Å². The normalized spacial score (nSPS) is 11.5. The summed E-state index contributed by atoms with van der Waals surface area (Å²) in [5.74, 6) is 0.546. The zero-order valence-electron chi connectivity index (χ0n) is 12.4. The van der Waals surface area contributed by atoms with Crippen molar-refractivity contribution in [2.45, 2.75) is 32.8 Å². The van der Waals surface area contributed by atoms with E-state index in [1.165, 1.54) is 5.56 Å². The second kappa shape index (κ2) is 6.17. The maximum atomic E-state index is 5.97. The molecule has 0 heterocycles. The van der Waals surface area contributed by atoms with Crippen LogP contribution in [-0.4, -0.2) is 0 Å². The van der Waals surface area contributed by atoms with Crippen molar-refractivity contribution in [1.82, 2.24) is 0 Å². The van der Waals surface area contributed by atoms with Gasteiger partial charge < -0.3 is 10.5 Å². The van der Waals surface area contributed by atoms with Crippen molar-refractivity contribution in [2.24, 2.45) is 0 Å². The number of anilines is 1. The monoisotopic (exact) mass is 323 g/mol. The Hall–Kier alpha value is -1.38. The number of nitrogens with two attached hydrogens (primary N) is 1. The lowest BCUT2D eigenvalue weighted by Gasteiger charge is -2.19. The molecule has 0 saturated heterocycles. The Morgan fingerprint density at radius 3 is 2.14 bits per heavy atom. The van der Waals surface area contributed by atoms with Gasteiger partial charge in [-0.1, -0.05) is 68.2 Å². The Balaban J connectivity index is 2.08. The third-order valence-electron chi connectivity index (χ3n) is 3.27. The number of hydrogen-bond acceptors (Lipinski definition) is 2. The molecule has 0 radical (unpaired) electrons. The minimum Gasteiger partial charge on any atom is -0.487 e. The zero-order valence-corrected chi connectivity index (χ0v) is 13.9. The van der Waals surface area contributed by atoms with Gasteiger partial charge in [-0.25, -0.2) is 0 Å². The van der Waals surface area contributed by atoms with E-state index in [0.29, 0.717) is 28.1 Å². The summed E-state index contributed by atoms with van der Waals surface area (Å²) in [5.41, 5.74) is 8.87. The molecule has 2 aromatic rings. The van der Waals surface area contributed by atoms with E-state index >= 15 is 0 Å². The highest BCUT2D eigenvalue weighted by Gasteiger charge is 2.13. The first-order valence-corrected chi connectivity index (χ1v) is 7.49. The topological polar surface area (TPSA) is 35.2 Å². The molecule has 0 aliphatic heterocycles. The van der Waals surface area contributed by atoms with Crippen LogP contribution in [0.25, 0.3) is 0 Å². The van der Waals surface area contributed by atoms with Crippen molar-refractivity contribution in [3.05, 3.63) is 57.6 Å². The molecule has 0 atom stereocenters. The number of halogens is 2. The third kappa shape index (κ3) is 4.05. The van der Waals surface area contributed by atoms with Gasteiger partial charge in [0.2, 0.25) is 0 Å². The second-order valence-corrected chi connectivity index (χ2v) is 6.85. The van der Waals surface area contributed by atoms with Gasteiger partial charge in [0.25, 0.3) is 0 Å². The van der Waals surface area contributed by atoms with Crippen molar-refractivity contribution in [3.63, 3.8) is 0 Å². The van der Waals surface area contributed by atoms with Gasteiger partial charge in [-0.05, 0) is 22.6 Å². The molecular formula is C17H19Cl2NO. The second-order valence-electron chi connectivity index (χ2n) is 6.04. The summed E-state index contributed by atoms with van der Waals surface area (Å²) < 4.78 is 5.72. The molecule has 2 aromatic carbocycles. The molecule has 0 fully saturated rings. The summed E-state index contributed by atoms with van der Waals surface area (Å²) in [6, 6.07) is 11.6. The van der Waals surface area contributed by atoms with Crippen LogP contribution >= 0.6 is 23.2 Å². The van der Waals surface area contributed by atoms with Crippen molar-refractivity contribution in [2.75, 3.05) is 5.73 Å². The van der Waals surface area contributed by atoms with Crippen LogP contribution in [0, 0.1) is 0 Å². The van der Waals surface area contributed by atoms with Crippen molar-refractivity contribution >= 4 is 28.9 Å². The van der Waals surface area contributed by atoms with Crippen molar-refractivity contribution in [1.29, 1.82) is 0 Å². The average molecular weight is 324 g/mol. The first kappa shape index (κ1) is 16.0. The molecule has 0 amide bonds. The van der Waals surface area contributed by atoms with Gasteiger partial charge >= 0.3 is 0 Å². The first-order chi connectivity index (χ1) is 9.77. The van der Waals surface area contributed by atoms with Gasteiger partial charge in [0.1, 0.15) is 12.4 Å². The fourth-order valence-corrected chi connectivity index (χ4v) is 2.26. The Labute approximate surface area is 135 Å². The SMILES string of the molecule is CC(C)(C)c1ccc(COc2cc(Cl)c(Cl)cc2N)cc1. The lowest BCUT2D eigenvalue weighted by Crippen LogP contribution is -2.10. The smallest absolute Gasteiger partial charge is 0.144 e. The number of benzene rings is 2. The molecule has 0 saturated carbocycles. The van der Waals surface area contributed by atoms with Crippen molar-refractivity contribution < 1.29 is 4.74 Å². The fourth-order valence-electron chi connectivity index (χ4n) is 1.93. The summed E-state index contributed by atoms with van der Waals surface area (Å²) in [6.07, 6.45) is 0. The Morgan fingerprint density at radius 2 is 1.57 bits per heavy atom. The molecule has 2 N–H and O–H groups in total. The van der Waals surface area contributed by atoms with Crippen LogP contribution in [0.5, 0.6) is 5.75 Å². The fraction of sp³-hybridized carbons (Fsp3) is 0.294. The van der Waals surface area contributed by atoms with Crippen LogP contribution in [0.15, 0.2) is 36.4 Å². The maximum absolute atomic E-state index is 5.97. The minimum absolute atomic E-state index is 0.146. The van der Waals surface area contributed by atoms with E-state index in [9.17, 15) is 0 Å². The molecule has 0 aliphatic carbocycles. The standard InChI is InChI=1S/C17H19Cl2NO/c1-17(2,3)12-6-4-11(5-7-12)10-21-16-9-14(19)13(18)8-15(16)20/h4-9H,10,20H2,1-3H3. The first-order valence-electron chi connectivity index (χ1n) is 6.74. The van der Waals surface area contributed by atoms with Crippen LogP contribution in [0.1, 0.15) is 31.9 Å². The van der Waals surface area contributed by atoms with E-state index in [0.717, 1.165) is 5.56 Å². The third-order valence-corrected chi connectivity index (χ3v) is 3.99. The predicted octanol–water partition coefficient (Wildman–Crippen LogP) is 5.45. The van der Waals surface area contributed by atoms with Gasteiger partial charge in [0.15, 0.2) is 0 Å². The molecule has 21 heavy (non-hydrogen) atoms. The molecule has 0 unspecified atom stereocenters. The van der Waals surface area contributed by atoms with E-state index in [4.69, 9.17) is 33.7 Å². The van der Waals surface area contributed by atoms with E-state index in [1.807, 2.05) is 0 Å². The molecule has 4 heteroatoms. The Kier molecular flexibility index (Phi) is 4.70. The van der Waals surface area contributed by atoms with Crippen LogP contribution < -0.4 is 10.5 Å². The summed E-state index contributed by atoms with van der Waals surface area (Å²) in [5, 5.41) is 0.861. The zero-order chi connectivity index (χ0) is 15.6. The highest BCUT2D eigenvalue weighted by atomic mass is 35.5. The summed E-state index contributed by atoms with van der Waals surface area (Å²) in [6.45, 7) is 7.01. The lowest BCUT2D eigenvalue weighted by atomic mass is 9.87. The predicted molar refractivity (Wildman–Crippen MR) is 90.3 cm³/mol. The Morgan fingerprint density at radius 1 is 1.00 bits per heavy atom. The van der Waals surface area contributed by atoms with Crippen LogP contribution in [0.4, 0.5) is 5.69 Å². The quantitative estimate of drug-likeness (QED) is 0.762. The lowest BCUT2D eigenvalue weighted by molar-refractivity contribution is 0.308. The van der Waals surface area contributed by atoms with Crippen molar-refractivity contribution in [3.8, 4) is 5.75 Å². The molecule has 0 spiro atoms. The van der Waals surface area contributed by atoms with E-state index in [-0.39, 0.29) is 5.41 Å². The molecular weight excluding hydrogens is 305 g/mol. The number of nitrogen functional groups attached to an aromatic ring is 1. The minimum atomic E-state index is 0.146. The number of rotatable bonds is 3. The molecule has 0 aliphatic rings. The molecule has 0 aromatic heterocycles. The van der Waals surface area contributed by atoms with Gasteiger partial charge in [-0.3, -0.25) is 0 Å². The largest absolute Gasteiger partial charge is 0.487 e. The maximum Gasteiger partial charge on any atom is 0.144 e. The molecule has 112 valence electrons. The number of hydrogen-bond donors (Lipinski definition) is 1. The number of ether oxygens (including phenoxy) is 1. The van der Waals surface area contributed by atoms with Gasteiger partial charge in [-0.2, -0.15) is 0 Å². The van der Waals surface area contributed by atoms with Gasteiger partial charge in [-0.15, -0.1) is 0 Å². The molecule has 0 bridgehead atoms. The highest BCUT2D eigenvalue weighted by Crippen LogP contribution is 2.32. The van der Waals surface area contributed by atoms with E-state index in [2.05, 4.69) is 45.0 Å². The Bertz CT molecular complexity index is 630. The molecule has 2 nitrogen and oxygen atoms in total. The van der Waals surface area contributed by atoms with E-state index in [1.54, 1.807) is 12.1 Å². The van der Waals surface area contributed by atoms with Crippen LogP contribution in [-0.2, 0) is 12.0 Å². The van der Waals surface area contributed by atoms with Gasteiger partial charge in [0, 0.05) is 6.07 Å². The van der Waals surface area contributed by atoms with Gasteiger partial charge in [0.05, 0.1) is 15.7 Å². The summed E-state index contributed by atoms with van der Waals surface area (Å²) >= 11 is 11.9. The van der Waals surface area contributed by atoms with E-state index < -0.39 is 0 Å².